The summed E-state index contributed by atoms with van der Waals surface area (Å²) in [5.74, 6) is 0.380. The number of nitrogens with zero attached hydrogens (tertiary/aromatic N) is 1. The van der Waals surface area contributed by atoms with Crippen molar-refractivity contribution < 1.29 is 19.1 Å². The van der Waals surface area contributed by atoms with Gasteiger partial charge < -0.3 is 20.1 Å². The molecule has 0 spiro atoms. The lowest BCUT2D eigenvalue weighted by Crippen LogP contribution is -2.20. The average Bonchev–Trinajstić information content (AvgIpc) is 2.92. The molecule has 4 aromatic rings. The van der Waals surface area contributed by atoms with E-state index in [0.29, 0.717) is 28.4 Å². The molecule has 2 N–H and O–H groups in total. The number of nitrogens with one attached hydrogen (secondary N) is 2. The van der Waals surface area contributed by atoms with Crippen molar-refractivity contribution in [3.8, 4) is 17.6 Å². The van der Waals surface area contributed by atoms with E-state index < -0.39 is 5.91 Å². The van der Waals surface area contributed by atoms with E-state index in [4.69, 9.17) is 9.47 Å². The predicted molar refractivity (Wildman–Crippen MR) is 140 cm³/mol. The number of carbonyl (C=O) groups excluding carboxylic acids is 2. The predicted octanol–water partition coefficient (Wildman–Crippen LogP) is 5.41. The summed E-state index contributed by atoms with van der Waals surface area (Å²) in [6.07, 6.45) is 1.50. The molecule has 0 radical (unpaired) electrons. The van der Waals surface area contributed by atoms with Gasteiger partial charge in [-0.2, -0.15) is 5.26 Å². The quantitative estimate of drug-likeness (QED) is 0.261. The summed E-state index contributed by atoms with van der Waals surface area (Å²) < 4.78 is 10.6. The Balaban J connectivity index is 1.36. The number of methoxy groups -OCH3 is 1. The molecule has 4 rings (SSSR count). The lowest BCUT2D eigenvalue weighted by Gasteiger charge is -2.09. The Bertz CT molecular complexity index is 1450. The number of benzene rings is 4. The van der Waals surface area contributed by atoms with Crippen LogP contribution in [0.5, 0.6) is 11.5 Å². The minimum absolute atomic E-state index is 0.0320. The second kappa shape index (κ2) is 11.4. The summed E-state index contributed by atoms with van der Waals surface area (Å²) >= 11 is 0. The van der Waals surface area contributed by atoms with Crippen LogP contribution in [0.15, 0.2) is 96.6 Å². The largest absolute Gasteiger partial charge is 0.497 e. The van der Waals surface area contributed by atoms with Gasteiger partial charge in [-0.25, -0.2) is 0 Å². The standard InChI is InChI=1S/C29H23N3O4/c1-35-24-15-11-23(12-16-24)31-28(33)19-36-25-13-9-20(10-14-25)17-22(18-30)29(34)32-27-8-4-6-21-5-2-3-7-26(21)27/h2-17H,19H2,1H3,(H,31,33)(H,32,34)/b22-17+. The van der Waals surface area contributed by atoms with Gasteiger partial charge in [-0.05, 0) is 59.5 Å². The van der Waals surface area contributed by atoms with Gasteiger partial charge in [0.15, 0.2) is 6.61 Å². The Morgan fingerprint density at radius 1 is 0.861 bits per heavy atom. The molecule has 0 aliphatic carbocycles. The van der Waals surface area contributed by atoms with Gasteiger partial charge in [0.25, 0.3) is 11.8 Å². The number of nitriles is 1. The fraction of sp³-hybridized carbons (Fsp3) is 0.0690. The summed E-state index contributed by atoms with van der Waals surface area (Å²) in [5, 5.41) is 17.0. The maximum atomic E-state index is 12.7. The summed E-state index contributed by atoms with van der Waals surface area (Å²) in [6, 6.07) is 29.0. The van der Waals surface area contributed by atoms with Crippen LogP contribution in [-0.2, 0) is 9.59 Å². The second-order valence-corrected chi connectivity index (χ2v) is 7.79. The molecule has 7 heteroatoms. The van der Waals surface area contributed by atoms with E-state index in [1.54, 1.807) is 61.7 Å². The summed E-state index contributed by atoms with van der Waals surface area (Å²) in [4.78, 5) is 24.9. The van der Waals surface area contributed by atoms with Crippen LogP contribution in [0.3, 0.4) is 0 Å². The van der Waals surface area contributed by atoms with E-state index in [9.17, 15) is 14.9 Å². The summed E-state index contributed by atoms with van der Waals surface area (Å²) in [7, 11) is 1.57. The molecule has 7 nitrogen and oxygen atoms in total. The molecule has 0 bridgehead atoms. The van der Waals surface area contributed by atoms with E-state index in [0.717, 1.165) is 10.8 Å². The smallest absolute Gasteiger partial charge is 0.266 e. The number of fused-ring (bicyclic) bond motifs is 1. The van der Waals surface area contributed by atoms with Crippen LogP contribution < -0.4 is 20.1 Å². The molecule has 2 amide bonds. The summed E-state index contributed by atoms with van der Waals surface area (Å²) in [6.45, 7) is -0.169. The molecule has 4 aromatic carbocycles. The van der Waals surface area contributed by atoms with E-state index in [1.807, 2.05) is 42.5 Å². The zero-order valence-electron chi connectivity index (χ0n) is 19.5. The third kappa shape index (κ3) is 6.07. The highest BCUT2D eigenvalue weighted by Crippen LogP contribution is 2.24. The van der Waals surface area contributed by atoms with Gasteiger partial charge in [0, 0.05) is 16.8 Å². The highest BCUT2D eigenvalue weighted by atomic mass is 16.5. The fourth-order valence-electron chi connectivity index (χ4n) is 3.52. The first-order chi connectivity index (χ1) is 17.6. The summed E-state index contributed by atoms with van der Waals surface area (Å²) in [5.41, 5.74) is 1.89. The van der Waals surface area contributed by atoms with Gasteiger partial charge in [0.05, 0.1) is 7.11 Å². The number of rotatable bonds is 8. The first-order valence-corrected chi connectivity index (χ1v) is 11.1. The minimum atomic E-state index is -0.496. The highest BCUT2D eigenvalue weighted by Gasteiger charge is 2.11. The highest BCUT2D eigenvalue weighted by molar-refractivity contribution is 6.12. The van der Waals surface area contributed by atoms with Gasteiger partial charge >= 0.3 is 0 Å². The van der Waals surface area contributed by atoms with E-state index in [2.05, 4.69) is 10.6 Å². The normalized spacial score (nSPS) is 10.8. The van der Waals surface area contributed by atoms with Crippen LogP contribution in [0, 0.1) is 11.3 Å². The SMILES string of the molecule is COc1ccc(NC(=O)COc2ccc(/C=C(\C#N)C(=O)Nc3cccc4ccccc34)cc2)cc1. The Morgan fingerprint density at radius 2 is 1.56 bits per heavy atom. The molecular weight excluding hydrogens is 454 g/mol. The number of amides is 2. The lowest BCUT2D eigenvalue weighted by atomic mass is 10.1. The van der Waals surface area contributed by atoms with Crippen molar-refractivity contribution in [2.45, 2.75) is 0 Å². The Hall–Kier alpha value is -5.09. The molecule has 0 aliphatic rings. The number of carbonyl (C=O) groups is 2. The molecule has 0 fully saturated rings. The number of hydrogen-bond acceptors (Lipinski definition) is 5. The monoisotopic (exact) mass is 477 g/mol. The molecule has 0 atom stereocenters. The topological polar surface area (TPSA) is 100 Å². The van der Waals surface area contributed by atoms with Gasteiger partial charge in [-0.3, -0.25) is 9.59 Å². The average molecular weight is 478 g/mol. The molecule has 0 saturated heterocycles. The Labute approximate surface area is 208 Å². The molecule has 0 heterocycles. The van der Waals surface area contributed by atoms with Gasteiger partial charge in [-0.1, -0.05) is 48.5 Å². The molecule has 36 heavy (non-hydrogen) atoms. The molecule has 0 aromatic heterocycles. The van der Waals surface area contributed by atoms with Gasteiger partial charge in [0.1, 0.15) is 23.1 Å². The van der Waals surface area contributed by atoms with Crippen LogP contribution in [-0.4, -0.2) is 25.5 Å². The third-order valence-corrected chi connectivity index (χ3v) is 5.34. The zero-order valence-corrected chi connectivity index (χ0v) is 19.5. The van der Waals surface area contributed by atoms with Crippen molar-refractivity contribution in [2.24, 2.45) is 0 Å². The number of hydrogen-bond donors (Lipinski definition) is 2. The maximum absolute atomic E-state index is 12.7. The fourth-order valence-corrected chi connectivity index (χ4v) is 3.52. The van der Waals surface area contributed by atoms with Crippen LogP contribution in [0.1, 0.15) is 5.56 Å². The van der Waals surface area contributed by atoms with Crippen molar-refractivity contribution in [1.29, 1.82) is 5.26 Å². The van der Waals surface area contributed by atoms with E-state index in [1.165, 1.54) is 6.08 Å². The van der Waals surface area contributed by atoms with E-state index >= 15 is 0 Å². The second-order valence-electron chi connectivity index (χ2n) is 7.79. The Morgan fingerprint density at radius 3 is 2.28 bits per heavy atom. The van der Waals surface area contributed by atoms with Crippen molar-refractivity contribution in [3.05, 3.63) is 102 Å². The maximum Gasteiger partial charge on any atom is 0.266 e. The molecule has 0 unspecified atom stereocenters. The van der Waals surface area contributed by atoms with E-state index in [-0.39, 0.29) is 18.1 Å². The molecule has 0 saturated carbocycles. The molecular formula is C29H23N3O4. The first-order valence-electron chi connectivity index (χ1n) is 11.1. The third-order valence-electron chi connectivity index (χ3n) is 5.34. The van der Waals surface area contributed by atoms with Crippen LogP contribution in [0.2, 0.25) is 0 Å². The van der Waals surface area contributed by atoms with Crippen LogP contribution in [0.25, 0.3) is 16.8 Å². The zero-order chi connectivity index (χ0) is 25.3. The van der Waals surface area contributed by atoms with Crippen molar-refractivity contribution in [3.63, 3.8) is 0 Å². The van der Waals surface area contributed by atoms with Gasteiger partial charge in [-0.15, -0.1) is 0 Å². The minimum Gasteiger partial charge on any atom is -0.497 e. The molecule has 0 aliphatic heterocycles. The lowest BCUT2D eigenvalue weighted by molar-refractivity contribution is -0.118. The molecule has 178 valence electrons. The van der Waals surface area contributed by atoms with Gasteiger partial charge in [0.2, 0.25) is 0 Å². The van der Waals surface area contributed by atoms with Crippen LogP contribution in [0.4, 0.5) is 11.4 Å². The van der Waals surface area contributed by atoms with Crippen LogP contribution >= 0.6 is 0 Å². The van der Waals surface area contributed by atoms with Crippen molar-refractivity contribution >= 4 is 40.0 Å². The Kier molecular flexibility index (Phi) is 7.59. The number of anilines is 2. The van der Waals surface area contributed by atoms with Crippen molar-refractivity contribution in [1.82, 2.24) is 0 Å². The van der Waals surface area contributed by atoms with Crippen molar-refractivity contribution in [2.75, 3.05) is 24.4 Å². The number of ether oxygens (including phenoxy) is 2. The first kappa shape index (κ1) is 24.0.